The molecule has 0 aliphatic heterocycles. The molecule has 27 heavy (non-hydrogen) atoms. The van der Waals surface area contributed by atoms with E-state index in [1.807, 2.05) is 24.3 Å². The average Bonchev–Trinajstić information content (AvgIpc) is 2.72. The molecule has 0 spiro atoms. The summed E-state index contributed by atoms with van der Waals surface area (Å²) in [4.78, 5) is 16.5. The molecule has 0 radical (unpaired) electrons. The lowest BCUT2D eigenvalue weighted by atomic mass is 9.94. The molecule has 0 saturated carbocycles. The number of aromatic nitrogens is 2. The number of aliphatic imine (C=N–C) groups is 1. The molecule has 0 aliphatic carbocycles. The maximum absolute atomic E-state index is 12.0. The maximum Gasteiger partial charge on any atom is 0.272 e. The fourth-order valence-corrected chi connectivity index (χ4v) is 3.16. The van der Waals surface area contributed by atoms with Crippen LogP contribution in [-0.4, -0.2) is 23.0 Å². The molecule has 3 rings (SSSR count). The van der Waals surface area contributed by atoms with Gasteiger partial charge in [0.05, 0.1) is 16.8 Å². The van der Waals surface area contributed by atoms with Crippen molar-refractivity contribution in [3.8, 4) is 0 Å². The number of H-pyrrole nitrogens is 1. The highest BCUT2D eigenvalue weighted by molar-refractivity contribution is 6.32. The van der Waals surface area contributed by atoms with Crippen LogP contribution in [0, 0.1) is 0 Å². The van der Waals surface area contributed by atoms with Crippen molar-refractivity contribution in [2.75, 3.05) is 7.05 Å². The Bertz CT molecular complexity index is 1080. The van der Waals surface area contributed by atoms with Crippen LogP contribution >= 0.6 is 0 Å². The number of benzene rings is 2. The first-order valence-electron chi connectivity index (χ1n) is 8.83. The van der Waals surface area contributed by atoms with Gasteiger partial charge in [-0.25, -0.2) is 5.10 Å². The van der Waals surface area contributed by atoms with Gasteiger partial charge in [-0.3, -0.25) is 9.79 Å². The Kier molecular flexibility index (Phi) is 5.47. The van der Waals surface area contributed by atoms with Gasteiger partial charge in [-0.15, -0.1) is 0 Å². The second-order valence-corrected chi connectivity index (χ2v) is 6.17. The van der Waals surface area contributed by atoms with Crippen molar-refractivity contribution in [2.45, 2.75) is 19.9 Å². The summed E-state index contributed by atoms with van der Waals surface area (Å²) in [5.74, 6) is 0. The van der Waals surface area contributed by atoms with E-state index in [0.29, 0.717) is 11.1 Å². The molecular formula is C21H23N5O. The quantitative estimate of drug-likeness (QED) is 0.606. The van der Waals surface area contributed by atoms with E-state index in [0.717, 1.165) is 34.2 Å². The fraction of sp³-hybridized carbons (Fsp3) is 0.190. The van der Waals surface area contributed by atoms with Crippen molar-refractivity contribution in [1.82, 2.24) is 10.2 Å². The minimum absolute atomic E-state index is 0.228. The van der Waals surface area contributed by atoms with Crippen LogP contribution in [0.5, 0.6) is 0 Å². The molecule has 0 fully saturated rings. The number of hydrogen-bond acceptors (Lipinski definition) is 5. The number of nitrogens with one attached hydrogen (secondary N) is 1. The van der Waals surface area contributed by atoms with Crippen LogP contribution in [0.4, 0.5) is 0 Å². The summed E-state index contributed by atoms with van der Waals surface area (Å²) < 4.78 is 0. The first-order chi connectivity index (χ1) is 13.1. The Balaban J connectivity index is 2.13. The molecule has 0 amide bonds. The Morgan fingerprint density at radius 1 is 1.15 bits per heavy atom. The van der Waals surface area contributed by atoms with Gasteiger partial charge in [0.1, 0.15) is 0 Å². The molecule has 6 heteroatoms. The molecule has 1 aromatic heterocycles. The number of allylic oxidation sites excluding steroid dienone is 1. The lowest BCUT2D eigenvalue weighted by molar-refractivity contribution is 0.900. The van der Waals surface area contributed by atoms with Crippen molar-refractivity contribution >= 4 is 22.1 Å². The second kappa shape index (κ2) is 7.97. The number of nitrogens with two attached hydrogens (primary N) is 2. The van der Waals surface area contributed by atoms with Crippen LogP contribution in [0.3, 0.4) is 0 Å². The highest BCUT2D eigenvalue weighted by Crippen LogP contribution is 2.24. The van der Waals surface area contributed by atoms with E-state index < -0.39 is 0 Å². The molecule has 0 bridgehead atoms. The summed E-state index contributed by atoms with van der Waals surface area (Å²) in [6.45, 7) is 2.35. The largest absolute Gasteiger partial charge is 0.404 e. The van der Waals surface area contributed by atoms with E-state index in [1.165, 1.54) is 5.56 Å². The van der Waals surface area contributed by atoms with Crippen molar-refractivity contribution in [3.63, 3.8) is 0 Å². The van der Waals surface area contributed by atoms with Gasteiger partial charge in [-0.05, 0) is 29.7 Å². The SMILES string of the molecule is CCc1ccc(C(=NC)C(=CN)c2ccc3c(=O)[nH]nc(CN)c3c2)cc1. The monoisotopic (exact) mass is 361 g/mol. The number of aromatic amines is 1. The summed E-state index contributed by atoms with van der Waals surface area (Å²) in [6, 6.07) is 13.8. The lowest BCUT2D eigenvalue weighted by Gasteiger charge is -2.13. The van der Waals surface area contributed by atoms with E-state index in [2.05, 4.69) is 34.2 Å². The van der Waals surface area contributed by atoms with Crippen LogP contribution in [0.15, 0.2) is 58.5 Å². The molecule has 0 aliphatic rings. The number of nitrogens with zero attached hydrogens (tertiary/aromatic N) is 2. The van der Waals surface area contributed by atoms with E-state index in [-0.39, 0.29) is 12.1 Å². The van der Waals surface area contributed by atoms with Gasteiger partial charge in [0.15, 0.2) is 0 Å². The second-order valence-electron chi connectivity index (χ2n) is 6.17. The van der Waals surface area contributed by atoms with Crippen LogP contribution in [-0.2, 0) is 13.0 Å². The molecule has 0 atom stereocenters. The van der Waals surface area contributed by atoms with E-state index >= 15 is 0 Å². The highest BCUT2D eigenvalue weighted by Gasteiger charge is 2.14. The van der Waals surface area contributed by atoms with Gasteiger partial charge < -0.3 is 11.5 Å². The van der Waals surface area contributed by atoms with E-state index in [1.54, 1.807) is 19.3 Å². The Labute approximate surface area is 157 Å². The minimum atomic E-state index is -0.244. The summed E-state index contributed by atoms with van der Waals surface area (Å²) in [5.41, 5.74) is 16.8. The van der Waals surface area contributed by atoms with Gasteiger partial charge in [-0.2, -0.15) is 5.10 Å². The zero-order chi connectivity index (χ0) is 19.4. The van der Waals surface area contributed by atoms with Gasteiger partial charge in [-0.1, -0.05) is 37.3 Å². The standard InChI is InChI=1S/C21H23N5O/c1-3-13-4-6-14(7-5-13)20(24-2)18(11-22)15-8-9-16-17(10-15)19(12-23)25-26-21(16)27/h4-11H,3,12,22-23H2,1-2H3,(H,26,27). The highest BCUT2D eigenvalue weighted by atomic mass is 16.1. The lowest BCUT2D eigenvalue weighted by Crippen LogP contribution is -2.14. The molecule has 138 valence electrons. The molecule has 3 aromatic rings. The average molecular weight is 361 g/mol. The molecule has 5 N–H and O–H groups in total. The summed E-state index contributed by atoms with van der Waals surface area (Å²) >= 11 is 0. The molecule has 6 nitrogen and oxygen atoms in total. The van der Waals surface area contributed by atoms with Crippen LogP contribution < -0.4 is 17.0 Å². The van der Waals surface area contributed by atoms with Gasteiger partial charge >= 0.3 is 0 Å². The summed E-state index contributed by atoms with van der Waals surface area (Å²) in [5, 5.41) is 7.79. The first-order valence-corrected chi connectivity index (χ1v) is 8.83. The van der Waals surface area contributed by atoms with Crippen molar-refractivity contribution in [2.24, 2.45) is 16.5 Å². The Morgan fingerprint density at radius 2 is 1.85 bits per heavy atom. The predicted octanol–water partition coefficient (Wildman–Crippen LogP) is 2.36. The molecule has 1 heterocycles. The molecule has 0 unspecified atom stereocenters. The van der Waals surface area contributed by atoms with Crippen LogP contribution in [0.25, 0.3) is 16.3 Å². The van der Waals surface area contributed by atoms with E-state index in [9.17, 15) is 4.79 Å². The molecule has 2 aromatic carbocycles. The predicted molar refractivity (Wildman–Crippen MR) is 111 cm³/mol. The Hall–Kier alpha value is -3.25. The first kappa shape index (κ1) is 18.5. The van der Waals surface area contributed by atoms with Gasteiger partial charge in [0.2, 0.25) is 0 Å². The van der Waals surface area contributed by atoms with Crippen molar-refractivity contribution in [3.05, 3.63) is 81.4 Å². The third-order valence-corrected chi connectivity index (χ3v) is 4.65. The maximum atomic E-state index is 12.0. The van der Waals surface area contributed by atoms with Crippen molar-refractivity contribution in [1.29, 1.82) is 0 Å². The Morgan fingerprint density at radius 3 is 2.44 bits per heavy atom. The summed E-state index contributed by atoms with van der Waals surface area (Å²) in [7, 11) is 1.74. The number of rotatable bonds is 5. The smallest absolute Gasteiger partial charge is 0.272 e. The molecular weight excluding hydrogens is 338 g/mol. The third-order valence-electron chi connectivity index (χ3n) is 4.65. The summed E-state index contributed by atoms with van der Waals surface area (Å²) in [6.07, 6.45) is 2.52. The minimum Gasteiger partial charge on any atom is -0.404 e. The normalized spacial score (nSPS) is 12.6. The van der Waals surface area contributed by atoms with Gasteiger partial charge in [0, 0.05) is 36.3 Å². The number of hydrogen-bond donors (Lipinski definition) is 3. The molecule has 0 saturated heterocycles. The number of fused-ring (bicyclic) bond motifs is 1. The van der Waals surface area contributed by atoms with Crippen molar-refractivity contribution < 1.29 is 0 Å². The zero-order valence-corrected chi connectivity index (χ0v) is 15.5. The topological polar surface area (TPSA) is 110 Å². The van der Waals surface area contributed by atoms with Crippen LogP contribution in [0.1, 0.15) is 29.3 Å². The third kappa shape index (κ3) is 3.52. The number of aryl methyl sites for hydroxylation is 1. The zero-order valence-electron chi connectivity index (χ0n) is 15.5. The fourth-order valence-electron chi connectivity index (χ4n) is 3.16. The van der Waals surface area contributed by atoms with E-state index in [4.69, 9.17) is 11.5 Å². The van der Waals surface area contributed by atoms with Crippen LogP contribution in [0.2, 0.25) is 0 Å². The van der Waals surface area contributed by atoms with Gasteiger partial charge in [0.25, 0.3) is 5.56 Å².